The summed E-state index contributed by atoms with van der Waals surface area (Å²) in [6, 6.07) is 0. The average Bonchev–Trinajstić information content (AvgIpc) is 3.17. The number of ether oxygens (including phenoxy) is 1. The number of hydrogen-bond donors (Lipinski definition) is 0. The topological polar surface area (TPSA) is 68.5 Å². The third-order valence-electron chi connectivity index (χ3n) is 4.36. The molecule has 2 atom stereocenters. The zero-order chi connectivity index (χ0) is 15.5. The molecule has 0 aromatic carbocycles. The smallest absolute Gasteiger partial charge is 0.251 e. The van der Waals surface area contributed by atoms with Crippen molar-refractivity contribution in [2.75, 3.05) is 19.7 Å². The zero-order valence-corrected chi connectivity index (χ0v) is 13.5. The van der Waals surface area contributed by atoms with Gasteiger partial charge < -0.3 is 14.2 Å². The lowest BCUT2D eigenvalue weighted by Crippen LogP contribution is -2.44. The standard InChI is InChI=1S/C16H25N3O3/c1-11(2)9-14-17-15(22-18-14)12-5-3-7-19(10-12)16(20)13-6-4-8-21-13/h11-13H,3-10H2,1-2H3/t12-,13+/m0/s1. The molecule has 0 bridgehead atoms. The molecule has 1 aromatic heterocycles. The lowest BCUT2D eigenvalue weighted by Gasteiger charge is -2.32. The minimum atomic E-state index is -0.238. The summed E-state index contributed by atoms with van der Waals surface area (Å²) in [5, 5.41) is 4.06. The van der Waals surface area contributed by atoms with Crippen LogP contribution in [-0.2, 0) is 16.0 Å². The van der Waals surface area contributed by atoms with Gasteiger partial charge in [0.2, 0.25) is 5.89 Å². The number of carbonyl (C=O) groups excluding carboxylic acids is 1. The number of rotatable bonds is 4. The first-order chi connectivity index (χ1) is 10.6. The highest BCUT2D eigenvalue weighted by Crippen LogP contribution is 2.27. The zero-order valence-electron chi connectivity index (χ0n) is 13.5. The van der Waals surface area contributed by atoms with Crippen LogP contribution in [0.25, 0.3) is 0 Å². The molecule has 122 valence electrons. The van der Waals surface area contributed by atoms with Gasteiger partial charge in [-0.15, -0.1) is 0 Å². The first-order valence-electron chi connectivity index (χ1n) is 8.36. The second-order valence-corrected chi connectivity index (χ2v) is 6.77. The quantitative estimate of drug-likeness (QED) is 0.852. The second kappa shape index (κ2) is 6.77. The lowest BCUT2D eigenvalue weighted by atomic mass is 9.97. The number of amides is 1. The van der Waals surface area contributed by atoms with E-state index in [1.807, 2.05) is 4.90 Å². The van der Waals surface area contributed by atoms with Gasteiger partial charge >= 0.3 is 0 Å². The van der Waals surface area contributed by atoms with Gasteiger partial charge in [-0.1, -0.05) is 19.0 Å². The van der Waals surface area contributed by atoms with Gasteiger partial charge in [0, 0.05) is 26.1 Å². The van der Waals surface area contributed by atoms with E-state index in [-0.39, 0.29) is 17.9 Å². The van der Waals surface area contributed by atoms with Crippen LogP contribution in [0.5, 0.6) is 0 Å². The van der Waals surface area contributed by atoms with Crippen LogP contribution in [0.1, 0.15) is 57.2 Å². The van der Waals surface area contributed by atoms with Gasteiger partial charge in [-0.2, -0.15) is 4.98 Å². The Labute approximate surface area is 131 Å². The van der Waals surface area contributed by atoms with Gasteiger partial charge in [0.25, 0.3) is 5.91 Å². The van der Waals surface area contributed by atoms with Gasteiger partial charge in [0.05, 0.1) is 5.92 Å². The number of nitrogens with zero attached hydrogens (tertiary/aromatic N) is 3. The fourth-order valence-corrected chi connectivity index (χ4v) is 3.24. The van der Waals surface area contributed by atoms with Crippen LogP contribution in [-0.4, -0.2) is 46.7 Å². The molecule has 0 spiro atoms. The molecule has 2 fully saturated rings. The average molecular weight is 307 g/mol. The van der Waals surface area contributed by atoms with E-state index in [2.05, 4.69) is 24.0 Å². The summed E-state index contributed by atoms with van der Waals surface area (Å²) in [6.45, 7) is 6.46. The molecule has 0 unspecified atom stereocenters. The minimum absolute atomic E-state index is 0.129. The van der Waals surface area contributed by atoms with E-state index in [9.17, 15) is 4.79 Å². The highest BCUT2D eigenvalue weighted by atomic mass is 16.5. The molecule has 1 amide bonds. The first kappa shape index (κ1) is 15.5. The second-order valence-electron chi connectivity index (χ2n) is 6.77. The Morgan fingerprint density at radius 1 is 1.36 bits per heavy atom. The van der Waals surface area contributed by atoms with Gasteiger partial charge in [-0.05, 0) is 31.6 Å². The molecule has 0 aliphatic carbocycles. The molecular weight excluding hydrogens is 282 g/mol. The molecule has 6 heteroatoms. The van der Waals surface area contributed by atoms with Crippen LogP contribution in [0.15, 0.2) is 4.52 Å². The summed E-state index contributed by atoms with van der Waals surface area (Å²) in [4.78, 5) is 18.9. The third kappa shape index (κ3) is 3.48. The monoisotopic (exact) mass is 307 g/mol. The lowest BCUT2D eigenvalue weighted by molar-refractivity contribution is -0.142. The van der Waals surface area contributed by atoms with E-state index in [0.717, 1.165) is 44.5 Å². The van der Waals surface area contributed by atoms with Crippen molar-refractivity contribution in [3.63, 3.8) is 0 Å². The minimum Gasteiger partial charge on any atom is -0.368 e. The highest BCUT2D eigenvalue weighted by Gasteiger charge is 2.33. The SMILES string of the molecule is CC(C)Cc1noc([C@H]2CCCN(C(=O)[C@H]3CCCO3)C2)n1. The molecule has 0 saturated carbocycles. The third-order valence-corrected chi connectivity index (χ3v) is 4.36. The molecule has 22 heavy (non-hydrogen) atoms. The fraction of sp³-hybridized carbons (Fsp3) is 0.812. The number of piperidine rings is 1. The van der Waals surface area contributed by atoms with Gasteiger partial charge in [-0.25, -0.2) is 0 Å². The van der Waals surface area contributed by atoms with Gasteiger partial charge in [0.1, 0.15) is 6.10 Å². The van der Waals surface area contributed by atoms with Crippen LogP contribution in [0.2, 0.25) is 0 Å². The van der Waals surface area contributed by atoms with Crippen molar-refractivity contribution in [1.29, 1.82) is 0 Å². The molecule has 3 heterocycles. The Kier molecular flexibility index (Phi) is 4.76. The molecular formula is C16H25N3O3. The van der Waals surface area contributed by atoms with E-state index in [4.69, 9.17) is 9.26 Å². The van der Waals surface area contributed by atoms with Crippen LogP contribution < -0.4 is 0 Å². The molecule has 2 aliphatic rings. The summed E-state index contributed by atoms with van der Waals surface area (Å²) < 4.78 is 10.9. The van der Waals surface area contributed by atoms with Crippen LogP contribution in [0.4, 0.5) is 0 Å². The van der Waals surface area contributed by atoms with Crippen molar-refractivity contribution in [1.82, 2.24) is 15.0 Å². The summed E-state index contributed by atoms with van der Waals surface area (Å²) in [6.07, 6.45) is 4.39. The maximum absolute atomic E-state index is 12.5. The molecule has 6 nitrogen and oxygen atoms in total. The largest absolute Gasteiger partial charge is 0.368 e. The van der Waals surface area contributed by atoms with E-state index < -0.39 is 0 Å². The van der Waals surface area contributed by atoms with Crippen molar-refractivity contribution in [3.05, 3.63) is 11.7 Å². The maximum Gasteiger partial charge on any atom is 0.251 e. The van der Waals surface area contributed by atoms with Crippen molar-refractivity contribution in [3.8, 4) is 0 Å². The Morgan fingerprint density at radius 3 is 2.95 bits per heavy atom. The van der Waals surface area contributed by atoms with E-state index in [1.165, 1.54) is 0 Å². The Bertz CT molecular complexity index is 508. The number of hydrogen-bond acceptors (Lipinski definition) is 5. The Morgan fingerprint density at radius 2 is 2.23 bits per heavy atom. The predicted molar refractivity (Wildman–Crippen MR) is 80.4 cm³/mol. The molecule has 2 saturated heterocycles. The number of aromatic nitrogens is 2. The summed E-state index contributed by atoms with van der Waals surface area (Å²) in [7, 11) is 0. The maximum atomic E-state index is 12.5. The molecule has 1 aromatic rings. The summed E-state index contributed by atoms with van der Waals surface area (Å²) >= 11 is 0. The molecule has 0 radical (unpaired) electrons. The number of likely N-dealkylation sites (tertiary alicyclic amines) is 1. The van der Waals surface area contributed by atoms with Crippen molar-refractivity contribution < 1.29 is 14.1 Å². The van der Waals surface area contributed by atoms with Crippen molar-refractivity contribution in [2.24, 2.45) is 5.92 Å². The normalized spacial score (nSPS) is 25.9. The van der Waals surface area contributed by atoms with Crippen molar-refractivity contribution in [2.45, 2.75) is 58.0 Å². The summed E-state index contributed by atoms with van der Waals surface area (Å²) in [5.41, 5.74) is 0. The van der Waals surface area contributed by atoms with E-state index in [0.29, 0.717) is 25.0 Å². The predicted octanol–water partition coefficient (Wildman–Crippen LogP) is 2.15. The fourth-order valence-electron chi connectivity index (χ4n) is 3.24. The van der Waals surface area contributed by atoms with Gasteiger partial charge in [-0.3, -0.25) is 4.79 Å². The molecule has 2 aliphatic heterocycles. The summed E-state index contributed by atoms with van der Waals surface area (Å²) in [5.74, 6) is 2.25. The van der Waals surface area contributed by atoms with Crippen LogP contribution in [0, 0.1) is 5.92 Å². The van der Waals surface area contributed by atoms with Gasteiger partial charge in [0.15, 0.2) is 5.82 Å². The van der Waals surface area contributed by atoms with Crippen LogP contribution >= 0.6 is 0 Å². The molecule has 0 N–H and O–H groups in total. The van der Waals surface area contributed by atoms with E-state index in [1.54, 1.807) is 0 Å². The Hall–Kier alpha value is -1.43. The van der Waals surface area contributed by atoms with Crippen LogP contribution in [0.3, 0.4) is 0 Å². The van der Waals surface area contributed by atoms with Crippen molar-refractivity contribution >= 4 is 5.91 Å². The Balaban J connectivity index is 1.62. The highest BCUT2D eigenvalue weighted by molar-refractivity contribution is 5.81. The number of carbonyl (C=O) groups is 1. The van der Waals surface area contributed by atoms with E-state index >= 15 is 0 Å². The first-order valence-corrected chi connectivity index (χ1v) is 8.36. The molecule has 3 rings (SSSR count).